The molecule has 0 radical (unpaired) electrons. The maximum absolute atomic E-state index is 13.1. The Kier molecular flexibility index (Phi) is 4.44. The van der Waals surface area contributed by atoms with Crippen molar-refractivity contribution in [2.45, 2.75) is 26.3 Å². The van der Waals surface area contributed by atoms with Crippen LogP contribution in [0, 0.1) is 12.7 Å². The summed E-state index contributed by atoms with van der Waals surface area (Å²) in [6.45, 7) is 2.04. The van der Waals surface area contributed by atoms with E-state index in [1.54, 1.807) is 19.1 Å². The van der Waals surface area contributed by atoms with Crippen molar-refractivity contribution in [1.29, 1.82) is 0 Å². The third-order valence-corrected chi connectivity index (χ3v) is 4.68. The van der Waals surface area contributed by atoms with Gasteiger partial charge in [-0.05, 0) is 31.0 Å². The molecule has 3 rings (SSSR count). The normalized spacial score (nSPS) is 11.1. The highest BCUT2D eigenvalue weighted by Gasteiger charge is 2.15. The second-order valence-electron chi connectivity index (χ2n) is 5.45. The van der Waals surface area contributed by atoms with Gasteiger partial charge < -0.3 is 5.11 Å². The Balaban J connectivity index is 2.08. The minimum Gasteiger partial charge on any atom is -0.481 e. The number of carboxylic acid groups (broad SMARTS) is 1. The number of aryl methyl sites for hydroxylation is 1. The number of thiophene rings is 1. The molecule has 0 bridgehead atoms. The fraction of sp³-hybridized carbons (Fsp3) is 0.235. The third-order valence-electron chi connectivity index (χ3n) is 3.81. The van der Waals surface area contributed by atoms with E-state index in [2.05, 4.69) is 4.98 Å². The zero-order valence-corrected chi connectivity index (χ0v) is 13.8. The van der Waals surface area contributed by atoms with Crippen LogP contribution in [0.2, 0.25) is 0 Å². The van der Waals surface area contributed by atoms with Crippen LogP contribution >= 0.6 is 11.3 Å². The number of carboxylic acids is 1. The summed E-state index contributed by atoms with van der Waals surface area (Å²) in [5.41, 5.74) is 1.28. The Bertz CT molecular complexity index is 960. The summed E-state index contributed by atoms with van der Waals surface area (Å²) in [5.74, 6) is -0.666. The van der Waals surface area contributed by atoms with Gasteiger partial charge in [-0.2, -0.15) is 0 Å². The van der Waals surface area contributed by atoms with Gasteiger partial charge in [-0.15, -0.1) is 11.3 Å². The van der Waals surface area contributed by atoms with E-state index in [1.807, 2.05) is 5.38 Å². The molecular formula is C17H15FN2O3S. The van der Waals surface area contributed by atoms with Gasteiger partial charge in [0.25, 0.3) is 5.56 Å². The predicted octanol–water partition coefficient (Wildman–Crippen LogP) is 3.44. The van der Waals surface area contributed by atoms with Crippen molar-refractivity contribution >= 4 is 27.5 Å². The van der Waals surface area contributed by atoms with Crippen LogP contribution in [0.15, 0.2) is 34.4 Å². The summed E-state index contributed by atoms with van der Waals surface area (Å²) in [6, 6.07) is 5.97. The molecule has 0 aliphatic heterocycles. The maximum atomic E-state index is 13.1. The lowest BCUT2D eigenvalue weighted by Crippen LogP contribution is -2.24. The molecule has 7 heteroatoms. The quantitative estimate of drug-likeness (QED) is 0.768. The Morgan fingerprint density at radius 1 is 1.33 bits per heavy atom. The number of halogens is 1. The monoisotopic (exact) mass is 346 g/mol. The van der Waals surface area contributed by atoms with E-state index < -0.39 is 5.97 Å². The molecule has 1 N–H and O–H groups in total. The number of rotatable bonds is 5. The summed E-state index contributed by atoms with van der Waals surface area (Å²) < 4.78 is 14.6. The molecule has 0 fully saturated rings. The molecule has 24 heavy (non-hydrogen) atoms. The predicted molar refractivity (Wildman–Crippen MR) is 90.9 cm³/mol. The number of hydrogen-bond acceptors (Lipinski definition) is 4. The van der Waals surface area contributed by atoms with Crippen molar-refractivity contribution in [2.75, 3.05) is 0 Å². The molecule has 0 spiro atoms. The van der Waals surface area contributed by atoms with Gasteiger partial charge >= 0.3 is 5.97 Å². The molecule has 0 saturated carbocycles. The van der Waals surface area contributed by atoms with Gasteiger partial charge in [0.05, 0.1) is 5.39 Å². The molecule has 0 saturated heterocycles. The Hall–Kier alpha value is -2.54. The van der Waals surface area contributed by atoms with Gasteiger partial charge in [0.1, 0.15) is 16.5 Å². The average molecular weight is 346 g/mol. The smallest absolute Gasteiger partial charge is 0.303 e. The Morgan fingerprint density at radius 2 is 2.04 bits per heavy atom. The summed E-state index contributed by atoms with van der Waals surface area (Å²) in [7, 11) is 0. The molecule has 3 aromatic rings. The first-order valence-electron chi connectivity index (χ1n) is 7.43. The standard InChI is InChI=1S/C17H15FN2O3S/c1-10-19-16-15(17(23)20(10)8-2-3-14(21)22)13(9-24-16)11-4-6-12(18)7-5-11/h4-7,9H,2-3,8H2,1H3,(H,21,22). The van der Waals surface area contributed by atoms with Crippen molar-refractivity contribution in [2.24, 2.45) is 0 Å². The van der Waals surface area contributed by atoms with E-state index in [0.717, 1.165) is 11.1 Å². The molecule has 2 heterocycles. The van der Waals surface area contributed by atoms with Gasteiger partial charge in [-0.3, -0.25) is 14.2 Å². The number of hydrogen-bond donors (Lipinski definition) is 1. The first-order valence-corrected chi connectivity index (χ1v) is 8.31. The van der Waals surface area contributed by atoms with E-state index in [1.165, 1.54) is 28.0 Å². The second-order valence-corrected chi connectivity index (χ2v) is 6.31. The highest BCUT2D eigenvalue weighted by atomic mass is 32.1. The molecular weight excluding hydrogens is 331 g/mol. The summed E-state index contributed by atoms with van der Waals surface area (Å²) >= 11 is 1.37. The van der Waals surface area contributed by atoms with Crippen LogP contribution < -0.4 is 5.56 Å². The topological polar surface area (TPSA) is 72.2 Å². The zero-order valence-electron chi connectivity index (χ0n) is 13.0. The van der Waals surface area contributed by atoms with Gasteiger partial charge in [-0.25, -0.2) is 9.37 Å². The van der Waals surface area contributed by atoms with Crippen molar-refractivity contribution in [3.63, 3.8) is 0 Å². The fourth-order valence-corrected chi connectivity index (χ4v) is 3.60. The van der Waals surface area contributed by atoms with Crippen LogP contribution in [0.5, 0.6) is 0 Å². The molecule has 0 amide bonds. The van der Waals surface area contributed by atoms with E-state index in [0.29, 0.717) is 29.0 Å². The van der Waals surface area contributed by atoms with Crippen LogP contribution in [0.25, 0.3) is 21.3 Å². The lowest BCUT2D eigenvalue weighted by Gasteiger charge is -2.09. The van der Waals surface area contributed by atoms with Crippen LogP contribution in [0.1, 0.15) is 18.7 Å². The van der Waals surface area contributed by atoms with Crippen LogP contribution in [0.3, 0.4) is 0 Å². The molecule has 2 aromatic heterocycles. The highest BCUT2D eigenvalue weighted by molar-refractivity contribution is 7.17. The van der Waals surface area contributed by atoms with E-state index in [-0.39, 0.29) is 17.8 Å². The van der Waals surface area contributed by atoms with E-state index in [4.69, 9.17) is 5.11 Å². The number of benzene rings is 1. The lowest BCUT2D eigenvalue weighted by atomic mass is 10.1. The molecule has 0 aliphatic carbocycles. The molecule has 0 unspecified atom stereocenters. The number of aliphatic carboxylic acids is 1. The number of fused-ring (bicyclic) bond motifs is 1. The minimum absolute atomic E-state index is 0.00161. The molecule has 1 aromatic carbocycles. The van der Waals surface area contributed by atoms with Crippen molar-refractivity contribution in [3.05, 3.63) is 51.6 Å². The average Bonchev–Trinajstić information content (AvgIpc) is 2.95. The number of aromatic nitrogens is 2. The van der Waals surface area contributed by atoms with E-state index in [9.17, 15) is 14.0 Å². The van der Waals surface area contributed by atoms with Crippen LogP contribution in [-0.2, 0) is 11.3 Å². The van der Waals surface area contributed by atoms with Crippen LogP contribution in [-0.4, -0.2) is 20.6 Å². The Labute approximate surface area is 141 Å². The summed E-state index contributed by atoms with van der Waals surface area (Å²) in [5, 5.41) is 11.1. The van der Waals surface area contributed by atoms with Gasteiger partial charge in [0, 0.05) is 23.9 Å². The molecule has 0 aliphatic rings. The first-order chi connectivity index (χ1) is 11.5. The number of carbonyl (C=O) groups is 1. The molecule has 124 valence electrons. The van der Waals surface area contributed by atoms with Gasteiger partial charge in [-0.1, -0.05) is 12.1 Å². The summed E-state index contributed by atoms with van der Waals surface area (Å²) in [4.78, 5) is 28.6. The molecule has 0 atom stereocenters. The Morgan fingerprint density at radius 3 is 2.71 bits per heavy atom. The van der Waals surface area contributed by atoms with Gasteiger partial charge in [0.2, 0.25) is 0 Å². The minimum atomic E-state index is -0.891. The fourth-order valence-electron chi connectivity index (χ4n) is 2.62. The third kappa shape index (κ3) is 3.07. The van der Waals surface area contributed by atoms with E-state index >= 15 is 0 Å². The lowest BCUT2D eigenvalue weighted by molar-refractivity contribution is -0.137. The SMILES string of the molecule is Cc1nc2scc(-c3ccc(F)cc3)c2c(=O)n1CCCC(=O)O. The van der Waals surface area contributed by atoms with Crippen molar-refractivity contribution in [1.82, 2.24) is 9.55 Å². The molecule has 5 nitrogen and oxygen atoms in total. The van der Waals surface area contributed by atoms with Crippen molar-refractivity contribution < 1.29 is 14.3 Å². The van der Waals surface area contributed by atoms with Gasteiger partial charge in [0.15, 0.2) is 0 Å². The highest BCUT2D eigenvalue weighted by Crippen LogP contribution is 2.31. The van der Waals surface area contributed by atoms with Crippen molar-refractivity contribution in [3.8, 4) is 11.1 Å². The largest absolute Gasteiger partial charge is 0.481 e. The summed E-state index contributed by atoms with van der Waals surface area (Å²) in [6.07, 6.45) is 0.359. The zero-order chi connectivity index (χ0) is 17.3. The number of nitrogens with zero attached hydrogens (tertiary/aromatic N) is 2. The van der Waals surface area contributed by atoms with Crippen LogP contribution in [0.4, 0.5) is 4.39 Å². The first kappa shape index (κ1) is 16.3. The maximum Gasteiger partial charge on any atom is 0.303 e. The second kappa shape index (κ2) is 6.52.